The van der Waals surface area contributed by atoms with Gasteiger partial charge in [0.25, 0.3) is 5.91 Å². The Kier molecular flexibility index (Phi) is 4.59. The third-order valence-electron chi connectivity index (χ3n) is 4.40. The second-order valence-electron chi connectivity index (χ2n) is 6.25. The smallest absolute Gasteiger partial charge is 0.306 e. The second-order valence-corrected chi connectivity index (χ2v) is 6.25. The summed E-state index contributed by atoms with van der Waals surface area (Å²) in [5, 5.41) is 19.9. The van der Waals surface area contributed by atoms with Gasteiger partial charge in [-0.05, 0) is 50.3 Å². The zero-order chi connectivity index (χ0) is 17.1. The fourth-order valence-corrected chi connectivity index (χ4v) is 3.01. The SMILES string of the molecule is Cc1cccc(-n2cc(C(=O)NC3CCC(C(=O)O)CC3)nn2)c1. The van der Waals surface area contributed by atoms with Crippen molar-refractivity contribution in [2.75, 3.05) is 0 Å². The first-order chi connectivity index (χ1) is 11.5. The van der Waals surface area contributed by atoms with Crippen molar-refractivity contribution in [2.45, 2.75) is 38.6 Å². The molecule has 126 valence electrons. The Morgan fingerprint density at radius 3 is 2.67 bits per heavy atom. The molecule has 2 aromatic rings. The van der Waals surface area contributed by atoms with Crippen molar-refractivity contribution in [2.24, 2.45) is 5.92 Å². The molecule has 24 heavy (non-hydrogen) atoms. The minimum Gasteiger partial charge on any atom is -0.481 e. The predicted molar refractivity (Wildman–Crippen MR) is 86.9 cm³/mol. The summed E-state index contributed by atoms with van der Waals surface area (Å²) in [5.41, 5.74) is 2.21. The van der Waals surface area contributed by atoms with Gasteiger partial charge in [-0.2, -0.15) is 0 Å². The number of rotatable bonds is 4. The highest BCUT2D eigenvalue weighted by atomic mass is 16.4. The molecule has 1 aromatic carbocycles. The largest absolute Gasteiger partial charge is 0.481 e. The van der Waals surface area contributed by atoms with E-state index in [1.165, 1.54) is 0 Å². The number of carboxylic acids is 1. The number of carbonyl (C=O) groups excluding carboxylic acids is 1. The minimum absolute atomic E-state index is 0.00257. The van der Waals surface area contributed by atoms with Crippen LogP contribution in [0, 0.1) is 12.8 Å². The Bertz CT molecular complexity index is 748. The van der Waals surface area contributed by atoms with Crippen LogP contribution in [0.5, 0.6) is 0 Å². The van der Waals surface area contributed by atoms with Crippen molar-refractivity contribution in [3.05, 3.63) is 41.7 Å². The Balaban J connectivity index is 1.61. The summed E-state index contributed by atoms with van der Waals surface area (Å²) in [6, 6.07) is 7.77. The lowest BCUT2D eigenvalue weighted by molar-refractivity contribution is -0.142. The van der Waals surface area contributed by atoms with Crippen LogP contribution in [0.1, 0.15) is 41.7 Å². The second kappa shape index (κ2) is 6.82. The molecule has 7 heteroatoms. The summed E-state index contributed by atoms with van der Waals surface area (Å²) in [6.07, 6.45) is 4.14. The van der Waals surface area contributed by atoms with E-state index in [0.717, 1.165) is 11.3 Å². The van der Waals surface area contributed by atoms with Crippen molar-refractivity contribution in [3.8, 4) is 5.69 Å². The molecule has 1 saturated carbocycles. The van der Waals surface area contributed by atoms with Crippen LogP contribution in [-0.2, 0) is 4.79 Å². The summed E-state index contributed by atoms with van der Waals surface area (Å²) in [7, 11) is 0. The van der Waals surface area contributed by atoms with E-state index in [1.54, 1.807) is 10.9 Å². The van der Waals surface area contributed by atoms with Crippen LogP contribution in [0.3, 0.4) is 0 Å². The number of benzene rings is 1. The molecule has 1 amide bonds. The fraction of sp³-hybridized carbons (Fsp3) is 0.412. The Morgan fingerprint density at radius 2 is 2.00 bits per heavy atom. The van der Waals surface area contributed by atoms with E-state index in [0.29, 0.717) is 25.7 Å². The summed E-state index contributed by atoms with van der Waals surface area (Å²) in [6.45, 7) is 1.99. The van der Waals surface area contributed by atoms with Gasteiger partial charge in [0.1, 0.15) is 0 Å². The molecule has 0 atom stereocenters. The first-order valence-corrected chi connectivity index (χ1v) is 8.06. The molecule has 1 aliphatic carbocycles. The third-order valence-corrected chi connectivity index (χ3v) is 4.40. The molecule has 3 rings (SSSR count). The monoisotopic (exact) mass is 328 g/mol. The minimum atomic E-state index is -0.749. The maximum Gasteiger partial charge on any atom is 0.306 e. The van der Waals surface area contributed by atoms with E-state index >= 15 is 0 Å². The van der Waals surface area contributed by atoms with Crippen LogP contribution in [-0.4, -0.2) is 38.0 Å². The lowest BCUT2D eigenvalue weighted by Crippen LogP contribution is -2.38. The number of nitrogens with one attached hydrogen (secondary N) is 1. The molecule has 1 heterocycles. The molecule has 0 unspecified atom stereocenters. The lowest BCUT2D eigenvalue weighted by Gasteiger charge is -2.26. The maximum absolute atomic E-state index is 12.3. The predicted octanol–water partition coefficient (Wildman–Crippen LogP) is 1.95. The van der Waals surface area contributed by atoms with Crippen LogP contribution in [0.25, 0.3) is 5.69 Å². The first-order valence-electron chi connectivity index (χ1n) is 8.06. The Labute approximate surface area is 139 Å². The number of amides is 1. The molecule has 0 saturated heterocycles. The van der Waals surface area contributed by atoms with Crippen LogP contribution in [0.2, 0.25) is 0 Å². The standard InChI is InChI=1S/C17H20N4O3/c1-11-3-2-4-14(9-11)21-10-15(19-20-21)16(22)18-13-7-5-12(6-8-13)17(23)24/h2-4,9-10,12-13H,5-8H2,1H3,(H,18,22)(H,23,24). The molecule has 0 aliphatic heterocycles. The van der Waals surface area contributed by atoms with Gasteiger partial charge in [0, 0.05) is 6.04 Å². The van der Waals surface area contributed by atoms with E-state index in [-0.39, 0.29) is 23.6 Å². The number of carboxylic acid groups (broad SMARTS) is 1. The third kappa shape index (κ3) is 3.61. The van der Waals surface area contributed by atoms with E-state index in [1.807, 2.05) is 31.2 Å². The van der Waals surface area contributed by atoms with Gasteiger partial charge >= 0.3 is 5.97 Å². The average Bonchev–Trinajstić information content (AvgIpc) is 3.05. The van der Waals surface area contributed by atoms with Gasteiger partial charge < -0.3 is 10.4 Å². The fourth-order valence-electron chi connectivity index (χ4n) is 3.01. The number of hydrogen-bond donors (Lipinski definition) is 2. The van der Waals surface area contributed by atoms with Crippen LogP contribution >= 0.6 is 0 Å². The molecule has 1 fully saturated rings. The summed E-state index contributed by atoms with van der Waals surface area (Å²) in [4.78, 5) is 23.3. The number of aryl methyl sites for hydroxylation is 1. The van der Waals surface area contributed by atoms with Crippen molar-refractivity contribution in [1.29, 1.82) is 0 Å². The van der Waals surface area contributed by atoms with Gasteiger partial charge in [0.2, 0.25) is 0 Å². The molecule has 1 aliphatic rings. The Hall–Kier alpha value is -2.70. The van der Waals surface area contributed by atoms with Crippen LogP contribution in [0.4, 0.5) is 0 Å². The zero-order valence-corrected chi connectivity index (χ0v) is 13.5. The van der Waals surface area contributed by atoms with Gasteiger partial charge in [-0.15, -0.1) is 5.10 Å². The molecule has 0 spiro atoms. The normalized spacial score (nSPS) is 20.5. The molecule has 0 bridgehead atoms. The van der Waals surface area contributed by atoms with Gasteiger partial charge in [-0.3, -0.25) is 9.59 Å². The molecule has 0 radical (unpaired) electrons. The summed E-state index contributed by atoms with van der Waals surface area (Å²) < 4.78 is 1.57. The number of hydrogen-bond acceptors (Lipinski definition) is 4. The topological polar surface area (TPSA) is 97.1 Å². The Morgan fingerprint density at radius 1 is 1.25 bits per heavy atom. The highest BCUT2D eigenvalue weighted by molar-refractivity contribution is 5.92. The number of nitrogens with zero attached hydrogens (tertiary/aromatic N) is 3. The zero-order valence-electron chi connectivity index (χ0n) is 13.5. The molecular formula is C17H20N4O3. The first kappa shape index (κ1) is 16.2. The number of aromatic nitrogens is 3. The quantitative estimate of drug-likeness (QED) is 0.894. The number of carbonyl (C=O) groups is 2. The van der Waals surface area contributed by atoms with Crippen LogP contribution < -0.4 is 5.32 Å². The van der Waals surface area contributed by atoms with E-state index in [4.69, 9.17) is 5.11 Å². The lowest BCUT2D eigenvalue weighted by atomic mass is 9.86. The summed E-state index contributed by atoms with van der Waals surface area (Å²) in [5.74, 6) is -1.31. The van der Waals surface area contributed by atoms with E-state index < -0.39 is 5.97 Å². The average molecular weight is 328 g/mol. The molecule has 2 N–H and O–H groups in total. The summed E-state index contributed by atoms with van der Waals surface area (Å²) >= 11 is 0. The molecule has 1 aromatic heterocycles. The molecule has 7 nitrogen and oxygen atoms in total. The highest BCUT2D eigenvalue weighted by Crippen LogP contribution is 2.24. The van der Waals surface area contributed by atoms with Gasteiger partial charge in [-0.1, -0.05) is 17.3 Å². The van der Waals surface area contributed by atoms with Crippen molar-refractivity contribution in [3.63, 3.8) is 0 Å². The van der Waals surface area contributed by atoms with E-state index in [2.05, 4.69) is 15.6 Å². The van der Waals surface area contributed by atoms with E-state index in [9.17, 15) is 9.59 Å². The van der Waals surface area contributed by atoms with Crippen LogP contribution in [0.15, 0.2) is 30.5 Å². The highest BCUT2D eigenvalue weighted by Gasteiger charge is 2.27. The van der Waals surface area contributed by atoms with Crippen molar-refractivity contribution >= 4 is 11.9 Å². The molecular weight excluding hydrogens is 308 g/mol. The maximum atomic E-state index is 12.3. The van der Waals surface area contributed by atoms with Gasteiger partial charge in [-0.25, -0.2) is 4.68 Å². The van der Waals surface area contributed by atoms with Gasteiger partial charge in [0.05, 0.1) is 17.8 Å². The van der Waals surface area contributed by atoms with Crippen molar-refractivity contribution < 1.29 is 14.7 Å². The van der Waals surface area contributed by atoms with Crippen molar-refractivity contribution in [1.82, 2.24) is 20.3 Å². The number of aliphatic carboxylic acids is 1. The van der Waals surface area contributed by atoms with Gasteiger partial charge in [0.15, 0.2) is 5.69 Å².